The first-order valence-corrected chi connectivity index (χ1v) is 6.04. The summed E-state index contributed by atoms with van der Waals surface area (Å²) >= 11 is 0. The molecule has 0 spiro atoms. The van der Waals surface area contributed by atoms with E-state index >= 15 is 0 Å². The Morgan fingerprint density at radius 3 is 2.74 bits per heavy atom. The molecule has 1 N–H and O–H groups in total. The van der Waals surface area contributed by atoms with E-state index in [1.54, 1.807) is 0 Å². The van der Waals surface area contributed by atoms with E-state index in [2.05, 4.69) is 10.1 Å². The van der Waals surface area contributed by atoms with Crippen LogP contribution in [0.1, 0.15) is 23.2 Å². The van der Waals surface area contributed by atoms with E-state index in [-0.39, 0.29) is 23.7 Å². The van der Waals surface area contributed by atoms with Gasteiger partial charge in [0, 0.05) is 6.42 Å². The third kappa shape index (κ3) is 3.96. The van der Waals surface area contributed by atoms with Crippen LogP contribution in [0.4, 0.5) is 13.2 Å². The van der Waals surface area contributed by atoms with Crippen LogP contribution in [-0.4, -0.2) is 25.2 Å². The van der Waals surface area contributed by atoms with E-state index in [0.717, 1.165) is 25.6 Å². The third-order valence-electron chi connectivity index (χ3n) is 3.05. The van der Waals surface area contributed by atoms with Crippen LogP contribution in [0.25, 0.3) is 0 Å². The lowest BCUT2D eigenvalue weighted by atomic mass is 9.97. The summed E-state index contributed by atoms with van der Waals surface area (Å²) in [5, 5.41) is 3.12. The van der Waals surface area contributed by atoms with Crippen molar-refractivity contribution in [3.05, 3.63) is 29.8 Å². The zero-order valence-electron chi connectivity index (χ0n) is 10.2. The predicted octanol–water partition coefficient (Wildman–Crippen LogP) is 2.77. The van der Waals surface area contributed by atoms with Gasteiger partial charge in [-0.1, -0.05) is 12.1 Å². The van der Waals surface area contributed by atoms with Crippen LogP contribution < -0.4 is 10.1 Å². The number of nitrogens with one attached hydrogen (secondary N) is 1. The quantitative estimate of drug-likeness (QED) is 0.857. The second-order valence-corrected chi connectivity index (χ2v) is 4.53. The van der Waals surface area contributed by atoms with Crippen molar-refractivity contribution in [3.63, 3.8) is 0 Å². The molecule has 0 saturated carbocycles. The second kappa shape index (κ2) is 5.61. The largest absolute Gasteiger partial charge is 0.573 e. The highest BCUT2D eigenvalue weighted by Crippen LogP contribution is 2.28. The van der Waals surface area contributed by atoms with E-state index in [1.807, 2.05) is 0 Å². The van der Waals surface area contributed by atoms with Crippen molar-refractivity contribution < 1.29 is 22.7 Å². The van der Waals surface area contributed by atoms with Gasteiger partial charge in [0.15, 0.2) is 5.78 Å². The summed E-state index contributed by atoms with van der Waals surface area (Å²) in [6.07, 6.45) is -3.68. The van der Waals surface area contributed by atoms with Gasteiger partial charge in [-0.05, 0) is 37.6 Å². The van der Waals surface area contributed by atoms with Crippen molar-refractivity contribution in [2.24, 2.45) is 5.92 Å². The van der Waals surface area contributed by atoms with Crippen LogP contribution in [0, 0.1) is 5.92 Å². The summed E-state index contributed by atoms with van der Waals surface area (Å²) < 4.78 is 40.6. The highest BCUT2D eigenvalue weighted by atomic mass is 19.4. The van der Waals surface area contributed by atoms with Gasteiger partial charge in [-0.3, -0.25) is 4.79 Å². The molecule has 0 aliphatic carbocycles. The number of alkyl halides is 3. The van der Waals surface area contributed by atoms with Crippen LogP contribution in [0.2, 0.25) is 0 Å². The van der Waals surface area contributed by atoms with Gasteiger partial charge in [-0.25, -0.2) is 0 Å². The molecule has 1 atom stereocenters. The fourth-order valence-electron chi connectivity index (χ4n) is 2.17. The first kappa shape index (κ1) is 13.9. The van der Waals surface area contributed by atoms with Crippen LogP contribution in [0.3, 0.4) is 0 Å². The Hall–Kier alpha value is -1.56. The zero-order valence-corrected chi connectivity index (χ0v) is 10.2. The van der Waals surface area contributed by atoms with E-state index in [9.17, 15) is 18.0 Å². The number of hydrogen-bond acceptors (Lipinski definition) is 3. The number of hydrogen-bond donors (Lipinski definition) is 1. The van der Waals surface area contributed by atoms with Gasteiger partial charge in [0.25, 0.3) is 0 Å². The number of carbonyl (C=O) groups excluding carboxylic acids is 1. The SMILES string of the molecule is O=C(CC1CCNC1)c1ccccc1OC(F)(F)F. The molecule has 104 valence electrons. The zero-order chi connectivity index (χ0) is 13.9. The number of benzene rings is 1. The van der Waals surface area contributed by atoms with Crippen molar-refractivity contribution in [2.45, 2.75) is 19.2 Å². The van der Waals surface area contributed by atoms with Crippen LogP contribution in [0.5, 0.6) is 5.75 Å². The van der Waals surface area contributed by atoms with E-state index in [4.69, 9.17) is 0 Å². The first-order chi connectivity index (χ1) is 8.96. The molecular weight excluding hydrogens is 259 g/mol. The van der Waals surface area contributed by atoms with Crippen molar-refractivity contribution >= 4 is 5.78 Å². The maximum atomic E-state index is 12.2. The molecule has 0 aromatic heterocycles. The molecule has 1 aromatic carbocycles. The highest BCUT2D eigenvalue weighted by Gasteiger charge is 2.33. The molecule has 1 aliphatic heterocycles. The molecule has 19 heavy (non-hydrogen) atoms. The summed E-state index contributed by atoms with van der Waals surface area (Å²) in [6.45, 7) is 1.58. The van der Waals surface area contributed by atoms with Gasteiger partial charge in [-0.15, -0.1) is 13.2 Å². The Labute approximate surface area is 108 Å². The molecule has 1 aromatic rings. The Balaban J connectivity index is 2.11. The van der Waals surface area contributed by atoms with Crippen LogP contribution in [0.15, 0.2) is 24.3 Å². The topological polar surface area (TPSA) is 38.3 Å². The number of rotatable bonds is 4. The summed E-state index contributed by atoms with van der Waals surface area (Å²) in [6, 6.07) is 5.47. The lowest BCUT2D eigenvalue weighted by Crippen LogP contribution is -2.20. The van der Waals surface area contributed by atoms with E-state index < -0.39 is 12.1 Å². The number of para-hydroxylation sites is 1. The predicted molar refractivity (Wildman–Crippen MR) is 63.0 cm³/mol. The van der Waals surface area contributed by atoms with Gasteiger partial charge < -0.3 is 10.1 Å². The minimum atomic E-state index is -4.79. The van der Waals surface area contributed by atoms with Crippen LogP contribution in [-0.2, 0) is 0 Å². The maximum Gasteiger partial charge on any atom is 0.573 e. The maximum absolute atomic E-state index is 12.2. The summed E-state index contributed by atoms with van der Waals surface area (Å²) in [7, 11) is 0. The normalized spacial score (nSPS) is 19.4. The molecular formula is C13H14F3NO2. The lowest BCUT2D eigenvalue weighted by molar-refractivity contribution is -0.274. The van der Waals surface area contributed by atoms with Crippen molar-refractivity contribution in [1.82, 2.24) is 5.32 Å². The van der Waals surface area contributed by atoms with Crippen molar-refractivity contribution in [2.75, 3.05) is 13.1 Å². The van der Waals surface area contributed by atoms with Gasteiger partial charge in [0.05, 0.1) is 5.56 Å². The van der Waals surface area contributed by atoms with Crippen LogP contribution >= 0.6 is 0 Å². The summed E-state index contributed by atoms with van der Waals surface area (Å²) in [5.41, 5.74) is -0.00766. The number of ether oxygens (including phenoxy) is 1. The fourth-order valence-corrected chi connectivity index (χ4v) is 2.17. The molecule has 2 rings (SSSR count). The van der Waals surface area contributed by atoms with E-state index in [0.29, 0.717) is 0 Å². The molecule has 6 heteroatoms. The lowest BCUT2D eigenvalue weighted by Gasteiger charge is -2.13. The molecule has 0 bridgehead atoms. The summed E-state index contributed by atoms with van der Waals surface area (Å²) in [4.78, 5) is 12.0. The second-order valence-electron chi connectivity index (χ2n) is 4.53. The van der Waals surface area contributed by atoms with Crippen molar-refractivity contribution in [3.8, 4) is 5.75 Å². The minimum Gasteiger partial charge on any atom is -0.405 e. The molecule has 0 amide bonds. The summed E-state index contributed by atoms with van der Waals surface area (Å²) in [5.74, 6) is -0.550. The molecule has 0 radical (unpaired) electrons. The molecule has 1 fully saturated rings. The van der Waals surface area contributed by atoms with Gasteiger partial charge in [-0.2, -0.15) is 0 Å². The monoisotopic (exact) mass is 273 g/mol. The third-order valence-corrected chi connectivity index (χ3v) is 3.05. The fraction of sp³-hybridized carbons (Fsp3) is 0.462. The minimum absolute atomic E-state index is 0.00766. The average Bonchev–Trinajstić information content (AvgIpc) is 2.80. The smallest absolute Gasteiger partial charge is 0.405 e. The van der Waals surface area contributed by atoms with E-state index in [1.165, 1.54) is 18.2 Å². The molecule has 1 aliphatic rings. The molecule has 1 heterocycles. The highest BCUT2D eigenvalue weighted by molar-refractivity contribution is 5.98. The Kier molecular flexibility index (Phi) is 4.09. The average molecular weight is 273 g/mol. The number of halogens is 3. The molecule has 3 nitrogen and oxygen atoms in total. The van der Waals surface area contributed by atoms with Gasteiger partial charge in [0.1, 0.15) is 5.75 Å². The Morgan fingerprint density at radius 2 is 2.11 bits per heavy atom. The first-order valence-electron chi connectivity index (χ1n) is 6.04. The Morgan fingerprint density at radius 1 is 1.37 bits per heavy atom. The number of carbonyl (C=O) groups is 1. The molecule has 1 saturated heterocycles. The van der Waals surface area contributed by atoms with Crippen molar-refractivity contribution in [1.29, 1.82) is 0 Å². The molecule has 1 unspecified atom stereocenters. The van der Waals surface area contributed by atoms with Gasteiger partial charge >= 0.3 is 6.36 Å². The number of ketones is 1. The standard InChI is InChI=1S/C13H14F3NO2/c14-13(15,16)19-12-4-2-1-3-10(12)11(18)7-9-5-6-17-8-9/h1-4,9,17H,5-8H2. The van der Waals surface area contributed by atoms with Gasteiger partial charge in [0.2, 0.25) is 0 Å². The number of Topliss-reactive ketones (excluding diaryl/α,β-unsaturated/α-hetero) is 1. The Bertz CT molecular complexity index is 453.